The van der Waals surface area contributed by atoms with Crippen molar-refractivity contribution in [1.82, 2.24) is 20.1 Å². The number of carbonyl (C=O) groups is 1. The Hall–Kier alpha value is -2.31. The summed E-state index contributed by atoms with van der Waals surface area (Å²) in [6.45, 7) is 3.40. The maximum atomic E-state index is 13.2. The summed E-state index contributed by atoms with van der Waals surface area (Å²) in [6.07, 6.45) is 0. The molecular formula is C13H14F2N4O. The number of carbonyl (C=O) groups excluding carboxylic acids is 1. The second-order valence-corrected chi connectivity index (χ2v) is 4.51. The van der Waals surface area contributed by atoms with Crippen molar-refractivity contribution in [3.8, 4) is 0 Å². The van der Waals surface area contributed by atoms with Crippen LogP contribution in [0, 0.1) is 18.6 Å². The van der Waals surface area contributed by atoms with Gasteiger partial charge in [0.25, 0.3) is 5.91 Å². The molecule has 1 aromatic carbocycles. The van der Waals surface area contributed by atoms with Crippen LogP contribution in [0.5, 0.6) is 0 Å². The van der Waals surface area contributed by atoms with Crippen molar-refractivity contribution in [1.29, 1.82) is 0 Å². The summed E-state index contributed by atoms with van der Waals surface area (Å²) in [5.74, 6) is -1.68. The molecule has 0 fully saturated rings. The van der Waals surface area contributed by atoms with E-state index in [1.807, 2.05) is 0 Å². The maximum absolute atomic E-state index is 13.2. The number of benzene rings is 1. The Morgan fingerprint density at radius 2 is 2.05 bits per heavy atom. The third kappa shape index (κ3) is 2.66. The molecule has 0 aliphatic heterocycles. The highest BCUT2D eigenvalue weighted by Gasteiger charge is 2.22. The second-order valence-electron chi connectivity index (χ2n) is 4.51. The number of rotatable bonds is 3. The van der Waals surface area contributed by atoms with E-state index in [0.717, 1.165) is 12.1 Å². The number of H-pyrrole nitrogens is 1. The average molecular weight is 280 g/mol. The molecule has 1 unspecified atom stereocenters. The molecule has 7 heteroatoms. The number of aromatic nitrogens is 3. The van der Waals surface area contributed by atoms with E-state index in [1.54, 1.807) is 20.9 Å². The molecule has 0 radical (unpaired) electrons. The van der Waals surface area contributed by atoms with Gasteiger partial charge in [-0.3, -0.25) is 9.89 Å². The summed E-state index contributed by atoms with van der Waals surface area (Å²) in [5, 5.41) is 6.36. The first-order valence-corrected chi connectivity index (χ1v) is 6.01. The van der Waals surface area contributed by atoms with Crippen molar-refractivity contribution in [2.75, 3.05) is 7.05 Å². The van der Waals surface area contributed by atoms with E-state index in [9.17, 15) is 13.6 Å². The first-order valence-electron chi connectivity index (χ1n) is 6.01. The number of aromatic amines is 1. The summed E-state index contributed by atoms with van der Waals surface area (Å²) < 4.78 is 26.1. The third-order valence-electron chi connectivity index (χ3n) is 3.12. The van der Waals surface area contributed by atoms with E-state index >= 15 is 0 Å². The Morgan fingerprint density at radius 3 is 2.60 bits per heavy atom. The van der Waals surface area contributed by atoms with E-state index in [1.165, 1.54) is 11.0 Å². The van der Waals surface area contributed by atoms with Gasteiger partial charge in [0.2, 0.25) is 5.82 Å². The molecule has 0 spiro atoms. The van der Waals surface area contributed by atoms with Gasteiger partial charge < -0.3 is 4.90 Å². The molecule has 0 saturated carbocycles. The summed E-state index contributed by atoms with van der Waals surface area (Å²) in [4.78, 5) is 17.5. The van der Waals surface area contributed by atoms with Gasteiger partial charge in [-0.2, -0.15) is 0 Å². The zero-order chi connectivity index (χ0) is 14.9. The van der Waals surface area contributed by atoms with Gasteiger partial charge in [-0.25, -0.2) is 13.8 Å². The number of hydrogen-bond acceptors (Lipinski definition) is 3. The fraction of sp³-hybridized carbons (Fsp3) is 0.308. The molecule has 0 saturated heterocycles. The molecule has 1 amide bonds. The van der Waals surface area contributed by atoms with Gasteiger partial charge in [0.1, 0.15) is 5.82 Å². The Kier molecular flexibility index (Phi) is 3.78. The van der Waals surface area contributed by atoms with Crippen molar-refractivity contribution in [2.24, 2.45) is 0 Å². The van der Waals surface area contributed by atoms with Crippen molar-refractivity contribution < 1.29 is 13.6 Å². The zero-order valence-corrected chi connectivity index (χ0v) is 11.3. The molecule has 1 N–H and O–H groups in total. The number of nitrogens with zero attached hydrogens (tertiary/aromatic N) is 3. The summed E-state index contributed by atoms with van der Waals surface area (Å²) in [6, 6.07) is 3.12. The number of hydrogen-bond donors (Lipinski definition) is 1. The van der Waals surface area contributed by atoms with Gasteiger partial charge in [0, 0.05) is 7.05 Å². The van der Waals surface area contributed by atoms with Crippen LogP contribution in [0.4, 0.5) is 8.78 Å². The van der Waals surface area contributed by atoms with Gasteiger partial charge >= 0.3 is 0 Å². The highest BCUT2D eigenvalue weighted by atomic mass is 19.2. The van der Waals surface area contributed by atoms with E-state index in [2.05, 4.69) is 15.2 Å². The van der Waals surface area contributed by atoms with Gasteiger partial charge in [-0.15, -0.1) is 5.10 Å². The van der Waals surface area contributed by atoms with Crippen LogP contribution in [-0.4, -0.2) is 33.0 Å². The predicted molar refractivity (Wildman–Crippen MR) is 68.0 cm³/mol. The lowest BCUT2D eigenvalue weighted by Gasteiger charge is -2.24. The highest BCUT2D eigenvalue weighted by molar-refractivity contribution is 5.90. The molecule has 2 rings (SSSR count). The first kappa shape index (κ1) is 14.1. The van der Waals surface area contributed by atoms with Crippen molar-refractivity contribution in [3.63, 3.8) is 0 Å². The van der Waals surface area contributed by atoms with Gasteiger partial charge in [0.05, 0.1) is 6.04 Å². The van der Waals surface area contributed by atoms with Crippen molar-refractivity contribution >= 4 is 5.91 Å². The second kappa shape index (κ2) is 5.36. The summed E-state index contributed by atoms with van der Waals surface area (Å²) >= 11 is 0. The molecule has 1 aromatic heterocycles. The van der Waals surface area contributed by atoms with Crippen molar-refractivity contribution in [2.45, 2.75) is 19.9 Å². The lowest BCUT2D eigenvalue weighted by atomic mass is 10.1. The van der Waals surface area contributed by atoms with Crippen LogP contribution in [0.1, 0.15) is 35.0 Å². The number of amides is 1. The predicted octanol–water partition coefficient (Wildman–Crippen LogP) is 2.22. The normalized spacial score (nSPS) is 12.2. The molecule has 20 heavy (non-hydrogen) atoms. The fourth-order valence-electron chi connectivity index (χ4n) is 1.77. The Bertz CT molecular complexity index is 641. The summed E-state index contributed by atoms with van der Waals surface area (Å²) in [5.41, 5.74) is 0.493. The van der Waals surface area contributed by atoms with Gasteiger partial charge in [0.15, 0.2) is 11.6 Å². The smallest absolute Gasteiger partial charge is 0.293 e. The molecule has 5 nitrogen and oxygen atoms in total. The number of aryl methyl sites for hydroxylation is 1. The lowest BCUT2D eigenvalue weighted by Crippen LogP contribution is -2.30. The van der Waals surface area contributed by atoms with Crippen LogP contribution in [0.3, 0.4) is 0 Å². The first-order chi connectivity index (χ1) is 9.40. The molecule has 0 aliphatic carbocycles. The number of nitrogens with one attached hydrogen (secondary N) is 1. The van der Waals surface area contributed by atoms with Crippen LogP contribution in [0.15, 0.2) is 18.2 Å². The van der Waals surface area contributed by atoms with E-state index < -0.39 is 23.6 Å². The van der Waals surface area contributed by atoms with Crippen LogP contribution in [0.25, 0.3) is 0 Å². The monoisotopic (exact) mass is 280 g/mol. The lowest BCUT2D eigenvalue weighted by molar-refractivity contribution is 0.0730. The summed E-state index contributed by atoms with van der Waals surface area (Å²) in [7, 11) is 1.56. The number of halogens is 2. The van der Waals surface area contributed by atoms with Crippen LogP contribution in [-0.2, 0) is 0 Å². The molecular weight excluding hydrogens is 266 g/mol. The quantitative estimate of drug-likeness (QED) is 0.937. The SMILES string of the molecule is Cc1nc(C(=O)N(C)C(C)c2ccc(F)c(F)c2)n[nH]1. The van der Waals surface area contributed by atoms with E-state index in [-0.39, 0.29) is 5.82 Å². The largest absolute Gasteiger partial charge is 0.332 e. The van der Waals surface area contributed by atoms with Gasteiger partial charge in [-0.1, -0.05) is 6.07 Å². The zero-order valence-electron chi connectivity index (χ0n) is 11.3. The van der Waals surface area contributed by atoms with Crippen LogP contribution < -0.4 is 0 Å². The maximum Gasteiger partial charge on any atom is 0.293 e. The Labute approximate surface area is 114 Å². The van der Waals surface area contributed by atoms with E-state index in [0.29, 0.717) is 11.4 Å². The minimum absolute atomic E-state index is 0.0411. The highest BCUT2D eigenvalue weighted by Crippen LogP contribution is 2.21. The third-order valence-corrected chi connectivity index (χ3v) is 3.12. The molecule has 0 aliphatic rings. The van der Waals surface area contributed by atoms with Gasteiger partial charge in [-0.05, 0) is 31.5 Å². The Morgan fingerprint density at radius 1 is 1.35 bits per heavy atom. The van der Waals surface area contributed by atoms with Crippen molar-refractivity contribution in [3.05, 3.63) is 47.0 Å². The fourth-order valence-corrected chi connectivity index (χ4v) is 1.77. The molecule has 1 atom stereocenters. The minimum Gasteiger partial charge on any atom is -0.332 e. The molecule has 106 valence electrons. The van der Waals surface area contributed by atoms with Crippen LogP contribution in [0.2, 0.25) is 0 Å². The minimum atomic E-state index is -0.941. The molecule has 1 heterocycles. The van der Waals surface area contributed by atoms with E-state index in [4.69, 9.17) is 0 Å². The Balaban J connectivity index is 2.21. The molecule has 0 bridgehead atoms. The van der Waals surface area contributed by atoms with Crippen LogP contribution >= 0.6 is 0 Å². The average Bonchev–Trinajstić information content (AvgIpc) is 2.86. The standard InChI is InChI=1S/C13H14F2N4O/c1-7(9-4-5-10(14)11(15)6-9)19(3)13(20)12-16-8(2)17-18-12/h4-7H,1-3H3,(H,16,17,18). The molecule has 2 aromatic rings. The topological polar surface area (TPSA) is 61.9 Å².